The minimum Gasteiger partial charge on any atom is -0.260 e. The molecule has 0 saturated heterocycles. The fourth-order valence-corrected chi connectivity index (χ4v) is 2.24. The van der Waals surface area contributed by atoms with Gasteiger partial charge in [0, 0.05) is 0 Å². The molecule has 0 fully saturated rings. The van der Waals surface area contributed by atoms with Crippen molar-refractivity contribution < 1.29 is 91.1 Å². The summed E-state index contributed by atoms with van der Waals surface area (Å²) in [7, 11) is -14.8. The van der Waals surface area contributed by atoms with Gasteiger partial charge in [0.05, 0.1) is 0 Å². The summed E-state index contributed by atoms with van der Waals surface area (Å²) < 4.78 is 235. The smallest absolute Gasteiger partial charge is 0.260 e. The first kappa shape index (κ1) is 29.8. The lowest BCUT2D eigenvalue weighted by molar-refractivity contribution is -0.405. The highest BCUT2D eigenvalue weighted by atomic mass is 32.2. The van der Waals surface area contributed by atoms with Crippen molar-refractivity contribution in [3.05, 3.63) is 0 Å². The Balaban J connectivity index is 6.55. The van der Waals surface area contributed by atoms with Crippen molar-refractivity contribution in [2.45, 2.75) is 41.1 Å². The zero-order valence-corrected chi connectivity index (χ0v) is 14.9. The van der Waals surface area contributed by atoms with Crippen LogP contribution in [-0.2, 0) is 28.6 Å². The van der Waals surface area contributed by atoms with Gasteiger partial charge in [-0.05, 0) is 0 Å². The molecule has 23 heteroatoms. The average Bonchev–Trinajstić information content (AvgIpc) is 2.47. The maximum atomic E-state index is 13.6. The van der Waals surface area contributed by atoms with Gasteiger partial charge in [-0.25, -0.2) is 0 Å². The van der Waals surface area contributed by atoms with Gasteiger partial charge >= 0.3 is 55.2 Å². The molecule has 0 bridgehead atoms. The van der Waals surface area contributed by atoms with Crippen molar-refractivity contribution in [3.8, 4) is 0 Å². The summed E-state index contributed by atoms with van der Waals surface area (Å²) in [5.74, 6) is -23.2. The Morgan fingerprint density at radius 3 is 1.23 bits per heavy atom. The molecule has 0 aliphatic carbocycles. The molecule has 0 aromatic rings. The van der Waals surface area contributed by atoms with Gasteiger partial charge in [-0.1, -0.05) is 0 Å². The fraction of sp³-hybridized carbons (Fsp3) is 1.00. The van der Waals surface area contributed by atoms with Crippen molar-refractivity contribution in [2.24, 2.45) is 0 Å². The zero-order valence-electron chi connectivity index (χ0n) is 13.2. The van der Waals surface area contributed by atoms with E-state index in [4.69, 9.17) is 0 Å². The lowest BCUT2D eigenvalue weighted by Crippen LogP contribution is -2.65. The van der Waals surface area contributed by atoms with E-state index >= 15 is 0 Å². The van der Waals surface area contributed by atoms with Crippen LogP contribution >= 0.6 is 0 Å². The van der Waals surface area contributed by atoms with Crippen LogP contribution in [0, 0.1) is 0 Å². The fourth-order valence-electron chi connectivity index (χ4n) is 1.21. The summed E-state index contributed by atoms with van der Waals surface area (Å²) in [6, 6.07) is 0. The minimum absolute atomic E-state index is 2.33. The highest BCUT2D eigenvalue weighted by Gasteiger charge is 2.84. The molecule has 1 unspecified atom stereocenters. The molecule has 1 atom stereocenters. The summed E-state index contributed by atoms with van der Waals surface area (Å²) in [5, 5.41) is 0. The minimum atomic E-state index is -7.91. The van der Waals surface area contributed by atoms with Crippen LogP contribution < -0.4 is 0 Å². The van der Waals surface area contributed by atoms with Crippen LogP contribution in [0.5, 0.6) is 0 Å². The third-order valence-corrected chi connectivity index (χ3v) is 4.82. The van der Waals surface area contributed by atoms with Crippen molar-refractivity contribution in [1.82, 2.24) is 0 Å². The molecule has 0 N–H and O–H groups in total. The molecule has 0 heterocycles. The van der Waals surface area contributed by atoms with Crippen LogP contribution in [0.2, 0.25) is 0 Å². The first-order chi connectivity index (χ1) is 13.1. The Bertz CT molecular complexity index is 849. The summed E-state index contributed by atoms with van der Waals surface area (Å²) in [6.07, 6.45) is -12.9. The molecule has 0 amide bonds. The van der Waals surface area contributed by atoms with Crippen LogP contribution in [0.4, 0.5) is 65.9 Å². The van der Waals surface area contributed by atoms with Crippen LogP contribution in [0.3, 0.4) is 0 Å². The first-order valence-corrected chi connectivity index (χ1v) is 9.03. The lowest BCUT2D eigenvalue weighted by Gasteiger charge is -2.36. The Kier molecular flexibility index (Phi) is 7.65. The summed E-state index contributed by atoms with van der Waals surface area (Å²) in [5.41, 5.74) is -13.5. The number of rotatable bonds is 8. The van der Waals surface area contributed by atoms with Crippen molar-refractivity contribution in [1.29, 1.82) is 0 Å². The summed E-state index contributed by atoms with van der Waals surface area (Å²) in [6.45, 7) is -3.53. The molecular weight excluding hydrogens is 541 g/mol. The van der Waals surface area contributed by atoms with Gasteiger partial charge in [-0.3, -0.25) is 8.37 Å². The van der Waals surface area contributed by atoms with Crippen molar-refractivity contribution in [3.63, 3.8) is 0 Å². The quantitative estimate of drug-likeness (QED) is 0.264. The van der Waals surface area contributed by atoms with E-state index in [0.29, 0.717) is 0 Å². The lowest BCUT2D eigenvalue weighted by atomic mass is 9.99. The molecule has 0 spiro atoms. The van der Waals surface area contributed by atoms with Gasteiger partial charge in [0.2, 0.25) is 0 Å². The highest BCUT2D eigenvalue weighted by Crippen LogP contribution is 2.55. The molecule has 188 valence electrons. The largest absolute Gasteiger partial charge is 0.523 e. The average molecular weight is 544 g/mol. The Hall–Kier alpha value is -1.23. The molecule has 0 rings (SSSR count). The van der Waals surface area contributed by atoms with Crippen LogP contribution in [0.25, 0.3) is 0 Å². The van der Waals surface area contributed by atoms with Gasteiger partial charge in [0.25, 0.3) is 0 Å². The standard InChI is InChI=1S/C8H3F15O6S2/c9-3(10,4(11,12)5(13,14)6(15,16)17)2(29-31(26,27)8(21,22)23)1-28-30(24,25)7(18,19)20/h2H,1H2. The maximum absolute atomic E-state index is 13.6. The highest BCUT2D eigenvalue weighted by molar-refractivity contribution is 7.88. The van der Waals surface area contributed by atoms with Gasteiger partial charge < -0.3 is 0 Å². The van der Waals surface area contributed by atoms with Gasteiger partial charge in [0.15, 0.2) is 6.10 Å². The number of hydrogen-bond acceptors (Lipinski definition) is 6. The molecule has 31 heavy (non-hydrogen) atoms. The van der Waals surface area contributed by atoms with E-state index in [-0.39, 0.29) is 0 Å². The molecule has 0 saturated carbocycles. The second-order valence-electron chi connectivity index (χ2n) is 4.94. The Morgan fingerprint density at radius 1 is 0.581 bits per heavy atom. The zero-order chi connectivity index (χ0) is 25.7. The van der Waals surface area contributed by atoms with E-state index in [0.717, 1.165) is 0 Å². The van der Waals surface area contributed by atoms with Crippen molar-refractivity contribution >= 4 is 20.2 Å². The van der Waals surface area contributed by atoms with E-state index in [1.54, 1.807) is 0 Å². The van der Waals surface area contributed by atoms with Gasteiger partial charge in [-0.2, -0.15) is 82.7 Å². The number of alkyl halides is 15. The normalized spacial score (nSPS) is 17.0. The number of hydrogen-bond donors (Lipinski definition) is 0. The molecule has 0 aliphatic rings. The van der Waals surface area contributed by atoms with E-state index in [9.17, 15) is 82.7 Å². The molecule has 0 aromatic heterocycles. The second-order valence-corrected chi connectivity index (χ2v) is 8.11. The van der Waals surface area contributed by atoms with E-state index < -0.39 is 67.9 Å². The van der Waals surface area contributed by atoms with Gasteiger partial charge in [-0.15, -0.1) is 0 Å². The molecular formula is C8H3F15O6S2. The molecule has 0 radical (unpaired) electrons. The SMILES string of the molecule is O=S(=O)(OCC(OS(=O)(=O)C(F)(F)F)C(F)(F)C(F)(F)C(F)(F)C(F)(F)F)C(F)(F)F. The van der Waals surface area contributed by atoms with E-state index in [1.165, 1.54) is 0 Å². The number of halogens is 15. The van der Waals surface area contributed by atoms with E-state index in [1.807, 2.05) is 0 Å². The van der Waals surface area contributed by atoms with Crippen molar-refractivity contribution in [2.75, 3.05) is 6.61 Å². The summed E-state index contributed by atoms with van der Waals surface area (Å²) in [4.78, 5) is 0. The molecule has 6 nitrogen and oxygen atoms in total. The van der Waals surface area contributed by atoms with Crippen LogP contribution in [-0.4, -0.2) is 64.5 Å². The predicted octanol–water partition coefficient (Wildman–Crippen LogP) is 3.56. The third kappa shape index (κ3) is 5.58. The van der Waals surface area contributed by atoms with E-state index in [2.05, 4.69) is 8.37 Å². The topological polar surface area (TPSA) is 86.7 Å². The molecule has 0 aromatic carbocycles. The predicted molar refractivity (Wildman–Crippen MR) is 61.7 cm³/mol. The second kappa shape index (κ2) is 7.97. The Labute approximate surface area is 160 Å². The van der Waals surface area contributed by atoms with Crippen LogP contribution in [0.1, 0.15) is 0 Å². The Morgan fingerprint density at radius 2 is 0.935 bits per heavy atom. The first-order valence-electron chi connectivity index (χ1n) is 6.21. The molecule has 0 aliphatic heterocycles. The monoisotopic (exact) mass is 544 g/mol. The van der Waals surface area contributed by atoms with Gasteiger partial charge in [0.1, 0.15) is 6.61 Å². The summed E-state index contributed by atoms with van der Waals surface area (Å²) >= 11 is 0. The maximum Gasteiger partial charge on any atom is 0.523 e. The third-order valence-electron chi connectivity index (χ3n) is 2.76. The van der Waals surface area contributed by atoms with Crippen LogP contribution in [0.15, 0.2) is 0 Å².